The van der Waals surface area contributed by atoms with Gasteiger partial charge in [-0.2, -0.15) is 0 Å². The third-order valence-corrected chi connectivity index (χ3v) is 1.74. The lowest BCUT2D eigenvalue weighted by Crippen LogP contribution is -2.15. The second kappa shape index (κ2) is 1.71. The molecule has 1 aliphatic carbocycles. The van der Waals surface area contributed by atoms with Gasteiger partial charge in [0.05, 0.1) is 0 Å². The summed E-state index contributed by atoms with van der Waals surface area (Å²) in [6.45, 7) is 0. The van der Waals surface area contributed by atoms with Crippen LogP contribution in [0.1, 0.15) is 12.8 Å². The number of nitrogens with zero attached hydrogens (tertiary/aromatic N) is 4. The molecule has 0 N–H and O–H groups in total. The lowest BCUT2D eigenvalue weighted by atomic mass is 10.5. The van der Waals surface area contributed by atoms with Gasteiger partial charge in [-0.15, -0.1) is 0 Å². The van der Waals surface area contributed by atoms with Crippen LogP contribution in [0.4, 0.5) is 0 Å². The Bertz CT molecular complexity index is 198. The minimum Gasteiger partial charge on any atom is -0.231 e. The van der Waals surface area contributed by atoms with Crippen LogP contribution in [0.5, 0.6) is 0 Å². The van der Waals surface area contributed by atoms with E-state index in [1.54, 1.807) is 0 Å². The van der Waals surface area contributed by atoms with Gasteiger partial charge in [-0.05, 0) is 28.9 Å². The number of rotatable bonds is 0. The summed E-state index contributed by atoms with van der Waals surface area (Å²) in [5.74, 6) is 1.17. The van der Waals surface area contributed by atoms with Gasteiger partial charge < -0.3 is 0 Å². The SMILES string of the molecule is CN1N=NN(C)C1=C1CC1. The van der Waals surface area contributed by atoms with E-state index in [0.29, 0.717) is 0 Å². The van der Waals surface area contributed by atoms with Crippen molar-refractivity contribution in [2.45, 2.75) is 12.8 Å². The van der Waals surface area contributed by atoms with Crippen molar-refractivity contribution >= 4 is 0 Å². The summed E-state index contributed by atoms with van der Waals surface area (Å²) in [7, 11) is 3.85. The van der Waals surface area contributed by atoms with E-state index in [1.165, 1.54) is 24.2 Å². The summed E-state index contributed by atoms with van der Waals surface area (Å²) in [5.41, 5.74) is 1.47. The fourth-order valence-electron chi connectivity index (χ4n) is 1.16. The average Bonchev–Trinajstić information content (AvgIpc) is 2.64. The molecule has 2 aliphatic rings. The van der Waals surface area contributed by atoms with Crippen molar-refractivity contribution in [2.24, 2.45) is 10.4 Å². The van der Waals surface area contributed by atoms with Gasteiger partial charge in [-0.1, -0.05) is 0 Å². The van der Waals surface area contributed by atoms with Crippen molar-refractivity contribution in [3.05, 3.63) is 11.4 Å². The van der Waals surface area contributed by atoms with Crippen LogP contribution < -0.4 is 0 Å². The van der Waals surface area contributed by atoms with Crippen LogP contribution in [-0.2, 0) is 0 Å². The van der Waals surface area contributed by atoms with Gasteiger partial charge in [-0.25, -0.2) is 10.0 Å². The van der Waals surface area contributed by atoms with E-state index in [-0.39, 0.29) is 0 Å². The first kappa shape index (κ1) is 5.70. The molecule has 0 spiro atoms. The number of hydrogen-bond acceptors (Lipinski definition) is 4. The molecule has 0 unspecified atom stereocenters. The summed E-state index contributed by atoms with van der Waals surface area (Å²) < 4.78 is 0. The van der Waals surface area contributed by atoms with Gasteiger partial charge >= 0.3 is 0 Å². The lowest BCUT2D eigenvalue weighted by Gasteiger charge is -2.11. The third-order valence-electron chi connectivity index (χ3n) is 1.74. The molecule has 0 amide bonds. The van der Waals surface area contributed by atoms with Crippen LogP contribution >= 0.6 is 0 Å². The van der Waals surface area contributed by atoms with Gasteiger partial charge in [0.25, 0.3) is 0 Å². The fraction of sp³-hybridized carbons (Fsp3) is 0.667. The van der Waals surface area contributed by atoms with Crippen LogP contribution in [-0.4, -0.2) is 24.1 Å². The van der Waals surface area contributed by atoms with E-state index < -0.39 is 0 Å². The highest BCUT2D eigenvalue weighted by atomic mass is 15.8. The van der Waals surface area contributed by atoms with E-state index in [1.807, 2.05) is 24.1 Å². The minimum atomic E-state index is 1.17. The number of hydrogen-bond donors (Lipinski definition) is 0. The normalized spacial score (nSPS) is 23.0. The Kier molecular flexibility index (Phi) is 0.977. The number of allylic oxidation sites excluding steroid dienone is 1. The van der Waals surface area contributed by atoms with Gasteiger partial charge in [-0.3, -0.25) is 0 Å². The van der Waals surface area contributed by atoms with Gasteiger partial charge in [0, 0.05) is 14.1 Å². The van der Waals surface area contributed by atoms with E-state index in [0.717, 1.165) is 0 Å². The predicted molar refractivity (Wildman–Crippen MR) is 36.6 cm³/mol. The molecule has 4 heteroatoms. The highest BCUT2D eigenvalue weighted by Gasteiger charge is 2.26. The smallest absolute Gasteiger partial charge is 0.147 e. The second-order valence-corrected chi connectivity index (χ2v) is 2.65. The summed E-state index contributed by atoms with van der Waals surface area (Å²) in [6.07, 6.45) is 2.43. The highest BCUT2D eigenvalue weighted by Crippen LogP contribution is 2.35. The molecule has 0 atom stereocenters. The van der Waals surface area contributed by atoms with Crippen molar-refractivity contribution in [3.63, 3.8) is 0 Å². The van der Waals surface area contributed by atoms with Crippen molar-refractivity contribution in [1.82, 2.24) is 10.0 Å². The largest absolute Gasteiger partial charge is 0.231 e. The second-order valence-electron chi connectivity index (χ2n) is 2.65. The molecule has 0 aromatic rings. The maximum Gasteiger partial charge on any atom is 0.147 e. The predicted octanol–water partition coefficient (Wildman–Crippen LogP) is 1.15. The zero-order chi connectivity index (χ0) is 7.14. The molecule has 0 aromatic heterocycles. The monoisotopic (exact) mass is 138 g/mol. The van der Waals surface area contributed by atoms with Crippen LogP contribution in [0.2, 0.25) is 0 Å². The zero-order valence-corrected chi connectivity index (χ0v) is 6.20. The molecule has 0 aromatic carbocycles. The Morgan fingerprint density at radius 1 is 1.10 bits per heavy atom. The molecule has 2 rings (SSSR count). The van der Waals surface area contributed by atoms with Gasteiger partial charge in [0.2, 0.25) is 0 Å². The molecule has 1 fully saturated rings. The molecule has 54 valence electrons. The Morgan fingerprint density at radius 2 is 1.60 bits per heavy atom. The fourth-order valence-corrected chi connectivity index (χ4v) is 1.16. The molecule has 1 aliphatic heterocycles. The average molecular weight is 138 g/mol. The van der Waals surface area contributed by atoms with Crippen LogP contribution in [0.3, 0.4) is 0 Å². The van der Waals surface area contributed by atoms with E-state index in [4.69, 9.17) is 0 Å². The van der Waals surface area contributed by atoms with Crippen molar-refractivity contribution < 1.29 is 0 Å². The van der Waals surface area contributed by atoms with Gasteiger partial charge in [0.15, 0.2) is 0 Å². The van der Waals surface area contributed by atoms with E-state index in [2.05, 4.69) is 10.4 Å². The van der Waals surface area contributed by atoms with Gasteiger partial charge in [0.1, 0.15) is 5.82 Å². The third kappa shape index (κ3) is 0.683. The van der Waals surface area contributed by atoms with Crippen LogP contribution in [0, 0.1) is 0 Å². The molecule has 0 radical (unpaired) electrons. The first-order chi connectivity index (χ1) is 4.79. The maximum atomic E-state index is 3.89. The van der Waals surface area contributed by atoms with Crippen molar-refractivity contribution in [2.75, 3.05) is 14.1 Å². The molecule has 0 saturated heterocycles. The van der Waals surface area contributed by atoms with Crippen molar-refractivity contribution in [1.29, 1.82) is 0 Å². The molecular weight excluding hydrogens is 128 g/mol. The Labute approximate surface area is 59.8 Å². The summed E-state index contributed by atoms with van der Waals surface area (Å²) in [6, 6.07) is 0. The lowest BCUT2D eigenvalue weighted by molar-refractivity contribution is 0.376. The van der Waals surface area contributed by atoms with E-state index >= 15 is 0 Å². The minimum absolute atomic E-state index is 1.17. The topological polar surface area (TPSA) is 31.2 Å². The summed E-state index contributed by atoms with van der Waals surface area (Å²) in [5, 5.41) is 11.4. The Hall–Kier alpha value is -1.06. The zero-order valence-electron chi connectivity index (χ0n) is 6.20. The van der Waals surface area contributed by atoms with Crippen LogP contribution in [0.25, 0.3) is 0 Å². The first-order valence-corrected chi connectivity index (χ1v) is 3.40. The first-order valence-electron chi connectivity index (χ1n) is 3.40. The molecular formula is C6H10N4. The quantitative estimate of drug-likeness (QED) is 0.502. The molecule has 0 bridgehead atoms. The summed E-state index contributed by atoms with van der Waals surface area (Å²) >= 11 is 0. The molecule has 4 nitrogen and oxygen atoms in total. The standard InChI is InChI=1S/C6H10N4/c1-9-6(5-3-4-5)10(2)8-7-9/h3-4H2,1-2H3. The Morgan fingerprint density at radius 3 is 2.00 bits per heavy atom. The highest BCUT2D eigenvalue weighted by molar-refractivity contribution is 5.23. The summed E-state index contributed by atoms with van der Waals surface area (Å²) in [4.78, 5) is 0. The molecule has 1 heterocycles. The van der Waals surface area contributed by atoms with Crippen LogP contribution in [0.15, 0.2) is 21.8 Å². The maximum absolute atomic E-state index is 3.89. The Balaban J connectivity index is 2.30. The van der Waals surface area contributed by atoms with E-state index in [9.17, 15) is 0 Å². The molecule has 10 heavy (non-hydrogen) atoms. The van der Waals surface area contributed by atoms with Crippen molar-refractivity contribution in [3.8, 4) is 0 Å². The molecule has 1 saturated carbocycles.